The lowest BCUT2D eigenvalue weighted by Crippen LogP contribution is -2.45. The van der Waals surface area contributed by atoms with Crippen LogP contribution in [0.15, 0.2) is 9.08 Å². The molecular weight excluding hydrogens is 412 g/mol. The van der Waals surface area contributed by atoms with E-state index in [4.69, 9.17) is 0 Å². The van der Waals surface area contributed by atoms with E-state index in [9.17, 15) is 4.79 Å². The van der Waals surface area contributed by atoms with Gasteiger partial charge in [0.05, 0.1) is 4.47 Å². The van der Waals surface area contributed by atoms with E-state index < -0.39 is 0 Å². The van der Waals surface area contributed by atoms with E-state index in [2.05, 4.69) is 54.0 Å². The van der Waals surface area contributed by atoms with E-state index in [0.29, 0.717) is 6.42 Å². The number of aromatic nitrogens is 1. The second-order valence-electron chi connectivity index (χ2n) is 6.08. The van der Waals surface area contributed by atoms with Gasteiger partial charge in [0.2, 0.25) is 5.91 Å². The zero-order valence-electron chi connectivity index (χ0n) is 12.9. The number of piperazine rings is 1. The minimum Gasteiger partial charge on any atom is -0.312 e. The van der Waals surface area contributed by atoms with Crippen LogP contribution in [0.25, 0.3) is 0 Å². The Bertz CT molecular complexity index is 564. The molecule has 2 aliphatic heterocycles. The Kier molecular flexibility index (Phi) is 5.39. The van der Waals surface area contributed by atoms with Gasteiger partial charge in [0.1, 0.15) is 4.60 Å². The second-order valence-corrected chi connectivity index (χ2v) is 7.63. The first-order chi connectivity index (χ1) is 10.6. The van der Waals surface area contributed by atoms with Crippen molar-refractivity contribution in [2.75, 3.05) is 46.3 Å². The molecule has 1 saturated heterocycles. The Balaban J connectivity index is 1.68. The SMILES string of the molecule is CN1CCN(CCC(=O)n2c(Br)c(Br)c3c2CCNC3)CC1. The topological polar surface area (TPSA) is 40.5 Å². The van der Waals surface area contributed by atoms with Gasteiger partial charge in [-0.1, -0.05) is 0 Å². The molecule has 0 amide bonds. The summed E-state index contributed by atoms with van der Waals surface area (Å²) in [5, 5.41) is 3.36. The first-order valence-corrected chi connectivity index (χ1v) is 9.39. The van der Waals surface area contributed by atoms with Crippen molar-refractivity contribution in [1.82, 2.24) is 19.7 Å². The summed E-state index contributed by atoms with van der Waals surface area (Å²) in [6, 6.07) is 0. The summed E-state index contributed by atoms with van der Waals surface area (Å²) in [6.45, 7) is 6.91. The van der Waals surface area contributed by atoms with Crippen LogP contribution in [-0.2, 0) is 13.0 Å². The van der Waals surface area contributed by atoms with Gasteiger partial charge in [0, 0.05) is 69.9 Å². The van der Waals surface area contributed by atoms with Gasteiger partial charge in [-0.05, 0) is 38.9 Å². The van der Waals surface area contributed by atoms with E-state index in [0.717, 1.165) is 67.0 Å². The minimum absolute atomic E-state index is 0.189. The normalized spacial score (nSPS) is 20.1. The first-order valence-electron chi connectivity index (χ1n) is 7.80. The number of halogens is 2. The predicted molar refractivity (Wildman–Crippen MR) is 94.4 cm³/mol. The molecular formula is C15H22Br2N4O. The van der Waals surface area contributed by atoms with Gasteiger partial charge in [-0.15, -0.1) is 0 Å². The number of fused-ring (bicyclic) bond motifs is 1. The Labute approximate surface area is 148 Å². The number of nitrogens with one attached hydrogen (secondary N) is 1. The van der Waals surface area contributed by atoms with Gasteiger partial charge in [-0.25, -0.2) is 0 Å². The van der Waals surface area contributed by atoms with Crippen molar-refractivity contribution in [2.45, 2.75) is 19.4 Å². The highest BCUT2D eigenvalue weighted by molar-refractivity contribution is 9.13. The number of carbonyl (C=O) groups is 1. The third-order valence-electron chi connectivity index (χ3n) is 4.59. The van der Waals surface area contributed by atoms with Crippen molar-refractivity contribution in [3.8, 4) is 0 Å². The molecule has 22 heavy (non-hydrogen) atoms. The van der Waals surface area contributed by atoms with Gasteiger partial charge >= 0.3 is 0 Å². The molecule has 1 N–H and O–H groups in total. The van der Waals surface area contributed by atoms with Gasteiger partial charge in [0.25, 0.3) is 0 Å². The number of hydrogen-bond acceptors (Lipinski definition) is 4. The highest BCUT2D eigenvalue weighted by Crippen LogP contribution is 2.34. The molecule has 2 aliphatic rings. The Morgan fingerprint density at radius 3 is 2.68 bits per heavy atom. The van der Waals surface area contributed by atoms with Crippen LogP contribution in [0.4, 0.5) is 0 Å². The predicted octanol–water partition coefficient (Wildman–Crippen LogP) is 1.94. The molecule has 0 aromatic carbocycles. The summed E-state index contributed by atoms with van der Waals surface area (Å²) in [6.07, 6.45) is 1.48. The Hall–Kier alpha value is -0.210. The van der Waals surface area contributed by atoms with Gasteiger partial charge in [-0.2, -0.15) is 0 Å². The molecule has 122 valence electrons. The molecule has 0 saturated carbocycles. The third-order valence-corrected chi connectivity index (χ3v) is 6.73. The van der Waals surface area contributed by atoms with Crippen molar-refractivity contribution >= 4 is 37.8 Å². The highest BCUT2D eigenvalue weighted by Gasteiger charge is 2.25. The van der Waals surface area contributed by atoms with Crippen molar-refractivity contribution in [3.63, 3.8) is 0 Å². The van der Waals surface area contributed by atoms with Gasteiger partial charge in [-0.3, -0.25) is 9.36 Å². The summed E-state index contributed by atoms with van der Waals surface area (Å²) < 4.78 is 3.75. The fraction of sp³-hybridized carbons (Fsp3) is 0.667. The van der Waals surface area contributed by atoms with E-state index in [1.165, 1.54) is 5.56 Å². The molecule has 0 radical (unpaired) electrons. The monoisotopic (exact) mass is 432 g/mol. The summed E-state index contributed by atoms with van der Waals surface area (Å²) in [7, 11) is 2.15. The van der Waals surface area contributed by atoms with Crippen LogP contribution in [-0.4, -0.2) is 66.6 Å². The standard InChI is InChI=1S/C15H22Br2N4O/c1-19-6-8-20(9-7-19)5-3-13(22)21-12-2-4-18-10-11(12)14(16)15(21)17/h18H,2-10H2,1H3. The van der Waals surface area contributed by atoms with Crippen LogP contribution in [0.2, 0.25) is 0 Å². The average molecular weight is 434 g/mol. The first kappa shape index (κ1) is 16.6. The molecule has 3 heterocycles. The molecule has 1 aromatic heterocycles. The van der Waals surface area contributed by atoms with Crippen LogP contribution >= 0.6 is 31.9 Å². The van der Waals surface area contributed by atoms with Crippen LogP contribution in [0, 0.1) is 0 Å². The maximum Gasteiger partial charge on any atom is 0.233 e. The zero-order chi connectivity index (χ0) is 15.7. The number of likely N-dealkylation sites (N-methyl/N-ethyl adjacent to an activating group) is 1. The maximum absolute atomic E-state index is 12.7. The minimum atomic E-state index is 0.189. The van der Waals surface area contributed by atoms with Crippen LogP contribution in [0.1, 0.15) is 22.5 Å². The summed E-state index contributed by atoms with van der Waals surface area (Å²) in [4.78, 5) is 17.4. The molecule has 5 nitrogen and oxygen atoms in total. The highest BCUT2D eigenvalue weighted by atomic mass is 79.9. The molecule has 7 heteroatoms. The van der Waals surface area contributed by atoms with E-state index in [-0.39, 0.29) is 5.91 Å². The van der Waals surface area contributed by atoms with Crippen LogP contribution in [0.3, 0.4) is 0 Å². The molecule has 0 unspecified atom stereocenters. The number of hydrogen-bond donors (Lipinski definition) is 1. The van der Waals surface area contributed by atoms with E-state index >= 15 is 0 Å². The fourth-order valence-corrected chi connectivity index (χ4v) is 4.36. The maximum atomic E-state index is 12.7. The quantitative estimate of drug-likeness (QED) is 0.790. The molecule has 0 bridgehead atoms. The molecule has 0 atom stereocenters. The molecule has 1 aromatic rings. The zero-order valence-corrected chi connectivity index (χ0v) is 16.0. The smallest absolute Gasteiger partial charge is 0.233 e. The Morgan fingerprint density at radius 1 is 1.23 bits per heavy atom. The lowest BCUT2D eigenvalue weighted by Gasteiger charge is -2.32. The summed E-state index contributed by atoms with van der Waals surface area (Å²) in [5.41, 5.74) is 2.37. The second kappa shape index (κ2) is 7.13. The lowest BCUT2D eigenvalue weighted by atomic mass is 10.1. The van der Waals surface area contributed by atoms with Crippen molar-refractivity contribution in [2.24, 2.45) is 0 Å². The van der Waals surface area contributed by atoms with E-state index in [1.54, 1.807) is 0 Å². The number of carbonyl (C=O) groups excluding carboxylic acids is 1. The van der Waals surface area contributed by atoms with Crippen LogP contribution < -0.4 is 5.32 Å². The third kappa shape index (κ3) is 3.33. The van der Waals surface area contributed by atoms with Crippen molar-refractivity contribution < 1.29 is 4.79 Å². The number of rotatable bonds is 3. The van der Waals surface area contributed by atoms with Crippen molar-refractivity contribution in [3.05, 3.63) is 20.3 Å². The largest absolute Gasteiger partial charge is 0.312 e. The molecule has 3 rings (SSSR count). The molecule has 0 aliphatic carbocycles. The summed E-state index contributed by atoms with van der Waals surface area (Å²) >= 11 is 7.20. The van der Waals surface area contributed by atoms with Crippen molar-refractivity contribution in [1.29, 1.82) is 0 Å². The fourth-order valence-electron chi connectivity index (χ4n) is 3.16. The number of nitrogens with zero attached hydrogens (tertiary/aromatic N) is 3. The van der Waals surface area contributed by atoms with Gasteiger partial charge < -0.3 is 15.1 Å². The Morgan fingerprint density at radius 2 is 1.95 bits per heavy atom. The molecule has 1 fully saturated rings. The molecule has 0 spiro atoms. The summed E-state index contributed by atoms with van der Waals surface area (Å²) in [5.74, 6) is 0.189. The van der Waals surface area contributed by atoms with Crippen LogP contribution in [0.5, 0.6) is 0 Å². The van der Waals surface area contributed by atoms with Gasteiger partial charge in [0.15, 0.2) is 0 Å². The average Bonchev–Trinajstić information content (AvgIpc) is 2.79. The van der Waals surface area contributed by atoms with E-state index in [1.807, 2.05) is 4.57 Å². The lowest BCUT2D eigenvalue weighted by molar-refractivity contribution is 0.0857.